The molecule has 2 aromatic heterocycles. The van der Waals surface area contributed by atoms with Gasteiger partial charge in [0.2, 0.25) is 5.88 Å². The van der Waals surface area contributed by atoms with E-state index in [1.165, 1.54) is 6.07 Å². The molecule has 0 aliphatic rings. The molecule has 0 aliphatic carbocycles. The molecule has 0 fully saturated rings. The summed E-state index contributed by atoms with van der Waals surface area (Å²) in [7, 11) is 0. The van der Waals surface area contributed by atoms with E-state index in [4.69, 9.17) is 9.84 Å². The maximum absolute atomic E-state index is 11.2. The zero-order valence-corrected chi connectivity index (χ0v) is 10.7. The Labute approximate surface area is 113 Å². The lowest BCUT2D eigenvalue weighted by Crippen LogP contribution is -1.96. The number of benzene rings is 1. The van der Waals surface area contributed by atoms with Crippen LogP contribution in [0.2, 0.25) is 0 Å². The zero-order chi connectivity index (χ0) is 14.1. The van der Waals surface area contributed by atoms with Crippen LogP contribution < -0.4 is 4.74 Å². The number of nitrogens with one attached hydrogen (secondary N) is 2. The number of para-hydroxylation sites is 1. The summed E-state index contributed by atoms with van der Waals surface area (Å²) in [5.41, 5.74) is 1.88. The van der Waals surface area contributed by atoms with Crippen molar-refractivity contribution in [2.75, 3.05) is 6.61 Å². The summed E-state index contributed by atoms with van der Waals surface area (Å²) in [5, 5.41) is 15.9. The van der Waals surface area contributed by atoms with Crippen molar-refractivity contribution < 1.29 is 14.6 Å². The normalized spacial score (nSPS) is 10.8. The van der Waals surface area contributed by atoms with E-state index in [2.05, 4.69) is 20.2 Å². The number of carbonyl (C=O) groups is 1. The Hall–Kier alpha value is -2.83. The molecule has 0 unspecified atom stereocenters. The number of fused-ring (bicyclic) bond motifs is 1. The minimum Gasteiger partial charge on any atom is -0.478 e. The average molecular weight is 272 g/mol. The number of imidazole rings is 1. The van der Waals surface area contributed by atoms with Crippen molar-refractivity contribution in [3.8, 4) is 17.4 Å². The second-order valence-electron chi connectivity index (χ2n) is 4.15. The Morgan fingerprint density at radius 3 is 3.05 bits per heavy atom. The highest BCUT2D eigenvalue weighted by Gasteiger charge is 2.14. The number of H-pyrrole nitrogens is 2. The van der Waals surface area contributed by atoms with Crippen LogP contribution in [-0.4, -0.2) is 37.8 Å². The molecule has 0 saturated heterocycles. The highest BCUT2D eigenvalue weighted by molar-refractivity contribution is 6.01. The second kappa shape index (κ2) is 4.69. The smallest absolute Gasteiger partial charge is 0.337 e. The summed E-state index contributed by atoms with van der Waals surface area (Å²) in [6.07, 6.45) is 0. The lowest BCUT2D eigenvalue weighted by atomic mass is 10.2. The van der Waals surface area contributed by atoms with E-state index < -0.39 is 5.97 Å². The van der Waals surface area contributed by atoms with Crippen molar-refractivity contribution in [1.29, 1.82) is 0 Å². The number of aromatic carboxylic acids is 1. The largest absolute Gasteiger partial charge is 0.478 e. The fourth-order valence-electron chi connectivity index (χ4n) is 1.98. The molecule has 0 aliphatic heterocycles. The topological polar surface area (TPSA) is 104 Å². The van der Waals surface area contributed by atoms with Crippen LogP contribution in [0.15, 0.2) is 24.3 Å². The van der Waals surface area contributed by atoms with E-state index in [1.54, 1.807) is 18.2 Å². The van der Waals surface area contributed by atoms with Gasteiger partial charge in [0, 0.05) is 6.07 Å². The van der Waals surface area contributed by atoms with Crippen molar-refractivity contribution >= 4 is 17.0 Å². The quantitative estimate of drug-likeness (QED) is 0.674. The van der Waals surface area contributed by atoms with Gasteiger partial charge in [-0.25, -0.2) is 9.78 Å². The van der Waals surface area contributed by atoms with Crippen LogP contribution in [0, 0.1) is 0 Å². The monoisotopic (exact) mass is 272 g/mol. The summed E-state index contributed by atoms with van der Waals surface area (Å²) in [4.78, 5) is 18.5. The van der Waals surface area contributed by atoms with Crippen molar-refractivity contribution in [3.05, 3.63) is 29.8 Å². The van der Waals surface area contributed by atoms with Crippen LogP contribution in [0.25, 0.3) is 22.6 Å². The molecule has 7 heteroatoms. The molecular weight excluding hydrogens is 260 g/mol. The molecule has 3 aromatic rings. The molecule has 0 spiro atoms. The molecule has 0 saturated carbocycles. The molecule has 102 valence electrons. The Morgan fingerprint density at radius 1 is 1.45 bits per heavy atom. The molecule has 3 N–H and O–H groups in total. The Morgan fingerprint density at radius 2 is 2.30 bits per heavy atom. The third-order valence-corrected chi connectivity index (χ3v) is 2.84. The van der Waals surface area contributed by atoms with E-state index in [-0.39, 0.29) is 5.56 Å². The van der Waals surface area contributed by atoms with Gasteiger partial charge in [-0.3, -0.25) is 5.10 Å². The van der Waals surface area contributed by atoms with E-state index in [0.717, 1.165) is 0 Å². The van der Waals surface area contributed by atoms with Gasteiger partial charge in [-0.2, -0.15) is 0 Å². The number of aromatic nitrogens is 4. The minimum absolute atomic E-state index is 0.162. The molecule has 0 amide bonds. The first-order chi connectivity index (χ1) is 9.69. The number of hydrogen-bond acceptors (Lipinski definition) is 4. The molecule has 2 heterocycles. The number of hydrogen-bond donors (Lipinski definition) is 3. The van der Waals surface area contributed by atoms with E-state index in [0.29, 0.717) is 35.0 Å². The first kappa shape index (κ1) is 12.2. The van der Waals surface area contributed by atoms with E-state index in [9.17, 15) is 4.79 Å². The number of ether oxygens (including phenoxy) is 1. The van der Waals surface area contributed by atoms with Gasteiger partial charge in [-0.15, -0.1) is 5.10 Å². The summed E-state index contributed by atoms with van der Waals surface area (Å²) in [6, 6.07) is 6.68. The molecular formula is C13H12N4O3. The molecule has 7 nitrogen and oxygen atoms in total. The molecule has 0 atom stereocenters. The van der Waals surface area contributed by atoms with Gasteiger partial charge < -0.3 is 14.8 Å². The molecule has 3 rings (SSSR count). The standard InChI is InChI=1S/C13H12N4O3/c1-2-20-10-6-9(16-17-10)12-14-8-5-3-4-7(13(18)19)11(8)15-12/h3-6H,2H2,1H3,(H,14,15)(H,16,17)(H,18,19). The maximum Gasteiger partial charge on any atom is 0.337 e. The number of aromatic amines is 2. The van der Waals surface area contributed by atoms with Crippen molar-refractivity contribution in [3.63, 3.8) is 0 Å². The van der Waals surface area contributed by atoms with Gasteiger partial charge in [0.05, 0.1) is 17.7 Å². The van der Waals surface area contributed by atoms with Gasteiger partial charge >= 0.3 is 5.97 Å². The third kappa shape index (κ3) is 1.99. The Kier molecular flexibility index (Phi) is 2.86. The molecule has 0 bridgehead atoms. The summed E-state index contributed by atoms with van der Waals surface area (Å²) >= 11 is 0. The third-order valence-electron chi connectivity index (χ3n) is 2.84. The SMILES string of the molecule is CCOc1cc(-c2nc3c(C(=O)O)cccc3[nH]2)[nH]n1. The summed E-state index contributed by atoms with van der Waals surface area (Å²) < 4.78 is 5.27. The molecule has 20 heavy (non-hydrogen) atoms. The van der Waals surface area contributed by atoms with Crippen molar-refractivity contribution in [2.45, 2.75) is 6.92 Å². The number of nitrogens with zero attached hydrogens (tertiary/aromatic N) is 2. The number of carboxylic acids is 1. The highest BCUT2D eigenvalue weighted by atomic mass is 16.5. The van der Waals surface area contributed by atoms with Gasteiger partial charge in [0.15, 0.2) is 5.82 Å². The van der Waals surface area contributed by atoms with Crippen LogP contribution in [-0.2, 0) is 0 Å². The van der Waals surface area contributed by atoms with Gasteiger partial charge in [0.25, 0.3) is 0 Å². The minimum atomic E-state index is -1.01. The average Bonchev–Trinajstić information content (AvgIpc) is 3.03. The van der Waals surface area contributed by atoms with Crippen molar-refractivity contribution in [1.82, 2.24) is 20.2 Å². The van der Waals surface area contributed by atoms with Crippen LogP contribution in [0.5, 0.6) is 5.88 Å². The fourth-order valence-corrected chi connectivity index (χ4v) is 1.98. The van der Waals surface area contributed by atoms with Crippen LogP contribution in [0.3, 0.4) is 0 Å². The second-order valence-corrected chi connectivity index (χ2v) is 4.15. The van der Waals surface area contributed by atoms with E-state index >= 15 is 0 Å². The zero-order valence-electron chi connectivity index (χ0n) is 10.7. The van der Waals surface area contributed by atoms with Gasteiger partial charge in [-0.05, 0) is 19.1 Å². The highest BCUT2D eigenvalue weighted by Crippen LogP contribution is 2.23. The van der Waals surface area contributed by atoms with Gasteiger partial charge in [0.1, 0.15) is 11.2 Å². The van der Waals surface area contributed by atoms with E-state index in [1.807, 2.05) is 6.92 Å². The first-order valence-corrected chi connectivity index (χ1v) is 6.09. The number of rotatable bonds is 4. The lowest BCUT2D eigenvalue weighted by molar-refractivity contribution is 0.0699. The maximum atomic E-state index is 11.2. The van der Waals surface area contributed by atoms with Gasteiger partial charge in [-0.1, -0.05) is 6.07 Å². The predicted molar refractivity (Wildman–Crippen MR) is 71.8 cm³/mol. The number of carboxylic acid groups (broad SMARTS) is 1. The van der Waals surface area contributed by atoms with Crippen LogP contribution in [0.4, 0.5) is 0 Å². The lowest BCUT2D eigenvalue weighted by Gasteiger charge is -1.93. The van der Waals surface area contributed by atoms with Crippen molar-refractivity contribution in [2.24, 2.45) is 0 Å². The Balaban J connectivity index is 2.08. The Bertz CT molecular complexity index is 775. The molecule has 0 radical (unpaired) electrons. The fraction of sp³-hybridized carbons (Fsp3) is 0.154. The summed E-state index contributed by atoms with van der Waals surface area (Å²) in [6.45, 7) is 2.39. The van der Waals surface area contributed by atoms with Crippen LogP contribution in [0.1, 0.15) is 17.3 Å². The summed E-state index contributed by atoms with van der Waals surface area (Å²) in [5.74, 6) is -0.0122. The molecule has 1 aromatic carbocycles. The van der Waals surface area contributed by atoms with Crippen LogP contribution >= 0.6 is 0 Å². The first-order valence-electron chi connectivity index (χ1n) is 6.09. The predicted octanol–water partition coefficient (Wildman–Crippen LogP) is 2.05.